The molecule has 17 heavy (non-hydrogen) atoms. The molecule has 0 fully saturated rings. The number of hydrogen-bond acceptors (Lipinski definition) is 3. The Bertz CT molecular complexity index is 450. The lowest BCUT2D eigenvalue weighted by molar-refractivity contribution is 0.537. The zero-order valence-electron chi connectivity index (χ0n) is 9.71. The Morgan fingerprint density at radius 2 is 2.24 bits per heavy atom. The fourth-order valence-corrected chi connectivity index (χ4v) is 2.84. The molecule has 0 amide bonds. The van der Waals surface area contributed by atoms with E-state index in [2.05, 4.69) is 40.1 Å². The maximum atomic E-state index is 13.3. The van der Waals surface area contributed by atoms with Gasteiger partial charge in [-0.2, -0.15) is 0 Å². The van der Waals surface area contributed by atoms with Crippen LogP contribution in [0.2, 0.25) is 0 Å². The molecule has 0 aliphatic carbocycles. The third-order valence-electron chi connectivity index (χ3n) is 2.80. The summed E-state index contributed by atoms with van der Waals surface area (Å²) in [5, 5.41) is 4.02. The molecule has 0 aromatic heterocycles. The monoisotopic (exact) mass is 316 g/mol. The maximum Gasteiger partial charge on any atom is 0.161 e. The predicted octanol–water partition coefficient (Wildman–Crippen LogP) is 4.13. The number of hydrogen-bond donors (Lipinski definition) is 1. The average Bonchev–Trinajstić information content (AvgIpc) is 2.29. The van der Waals surface area contributed by atoms with Gasteiger partial charge in [-0.25, -0.2) is 4.39 Å². The Balaban J connectivity index is 2.11. The van der Waals surface area contributed by atoms with E-state index in [4.69, 9.17) is 0 Å². The van der Waals surface area contributed by atoms with Gasteiger partial charge in [0.15, 0.2) is 5.17 Å². The van der Waals surface area contributed by atoms with Crippen LogP contribution in [0.25, 0.3) is 0 Å². The first-order chi connectivity index (χ1) is 8.06. The van der Waals surface area contributed by atoms with Crippen molar-refractivity contribution >= 4 is 38.5 Å². The van der Waals surface area contributed by atoms with E-state index in [1.165, 1.54) is 6.07 Å². The second kappa shape index (κ2) is 5.40. The molecule has 2 unspecified atom stereocenters. The largest absolute Gasteiger partial charge is 0.335 e. The molecule has 0 radical (unpaired) electrons. The molecule has 0 bridgehead atoms. The lowest BCUT2D eigenvalue weighted by atomic mass is 10.1. The summed E-state index contributed by atoms with van der Waals surface area (Å²) in [7, 11) is 0. The van der Waals surface area contributed by atoms with Crippen molar-refractivity contribution in [2.45, 2.75) is 19.9 Å². The van der Waals surface area contributed by atoms with Crippen LogP contribution in [0.4, 0.5) is 10.1 Å². The van der Waals surface area contributed by atoms with Gasteiger partial charge in [0.2, 0.25) is 0 Å². The molecule has 2 rings (SSSR count). The molecule has 1 aromatic rings. The van der Waals surface area contributed by atoms with Crippen LogP contribution in [-0.2, 0) is 0 Å². The van der Waals surface area contributed by atoms with Crippen LogP contribution in [-0.4, -0.2) is 17.0 Å². The summed E-state index contributed by atoms with van der Waals surface area (Å²) in [5.41, 5.74) is 0.735. The van der Waals surface area contributed by atoms with Crippen molar-refractivity contribution in [3.63, 3.8) is 0 Å². The van der Waals surface area contributed by atoms with Gasteiger partial charge < -0.3 is 5.32 Å². The standard InChI is InChI=1S/C12H14BrFN2S/c1-7-6-17-12(15-8(7)2)16-9-3-4-10(13)11(14)5-9/h3-5,7-8H,6H2,1-2H3,(H,15,16). The number of amidine groups is 1. The number of rotatable bonds is 1. The maximum absolute atomic E-state index is 13.3. The van der Waals surface area contributed by atoms with Gasteiger partial charge >= 0.3 is 0 Å². The highest BCUT2D eigenvalue weighted by Crippen LogP contribution is 2.25. The lowest BCUT2D eigenvalue weighted by Gasteiger charge is -2.23. The van der Waals surface area contributed by atoms with Crippen LogP contribution < -0.4 is 5.32 Å². The van der Waals surface area contributed by atoms with Crippen LogP contribution in [0.1, 0.15) is 13.8 Å². The number of benzene rings is 1. The lowest BCUT2D eigenvalue weighted by Crippen LogP contribution is -2.25. The van der Waals surface area contributed by atoms with Crippen LogP contribution in [0.3, 0.4) is 0 Å². The van der Waals surface area contributed by atoms with E-state index in [0.29, 0.717) is 16.4 Å². The molecule has 92 valence electrons. The summed E-state index contributed by atoms with van der Waals surface area (Å²) >= 11 is 4.82. The molecular weight excluding hydrogens is 303 g/mol. The van der Waals surface area contributed by atoms with Crippen LogP contribution in [0.15, 0.2) is 27.7 Å². The molecule has 1 aromatic carbocycles. The van der Waals surface area contributed by atoms with E-state index in [0.717, 1.165) is 16.6 Å². The van der Waals surface area contributed by atoms with E-state index in [-0.39, 0.29) is 5.82 Å². The fourth-order valence-electron chi connectivity index (χ4n) is 1.46. The minimum Gasteiger partial charge on any atom is -0.335 e. The Labute approximate surface area is 113 Å². The number of nitrogens with one attached hydrogen (secondary N) is 1. The SMILES string of the molecule is CC1CSC(Nc2ccc(Br)c(F)c2)=NC1C. The van der Waals surface area contributed by atoms with Gasteiger partial charge in [-0.1, -0.05) is 18.7 Å². The summed E-state index contributed by atoms with van der Waals surface area (Å²) < 4.78 is 13.8. The highest BCUT2D eigenvalue weighted by Gasteiger charge is 2.19. The molecule has 1 aliphatic heterocycles. The predicted molar refractivity (Wildman–Crippen MR) is 76.2 cm³/mol. The highest BCUT2D eigenvalue weighted by atomic mass is 79.9. The first-order valence-corrected chi connectivity index (χ1v) is 7.27. The Kier molecular flexibility index (Phi) is 4.09. The summed E-state index contributed by atoms with van der Waals surface area (Å²) in [6.07, 6.45) is 0. The van der Waals surface area contributed by atoms with Gasteiger partial charge in [0.05, 0.1) is 10.5 Å². The molecule has 0 saturated carbocycles. The van der Waals surface area contributed by atoms with Gasteiger partial charge in [-0.05, 0) is 47.0 Å². The number of anilines is 1. The number of halogens is 2. The van der Waals surface area contributed by atoms with Crippen LogP contribution >= 0.6 is 27.7 Å². The molecule has 0 spiro atoms. The van der Waals surface area contributed by atoms with Crippen molar-refractivity contribution in [3.05, 3.63) is 28.5 Å². The normalized spacial score (nSPS) is 24.4. The van der Waals surface area contributed by atoms with E-state index in [1.54, 1.807) is 17.8 Å². The molecule has 5 heteroatoms. The summed E-state index contributed by atoms with van der Waals surface area (Å²) in [6.45, 7) is 4.30. The Morgan fingerprint density at radius 1 is 1.47 bits per heavy atom. The van der Waals surface area contributed by atoms with Crippen molar-refractivity contribution in [1.82, 2.24) is 0 Å². The summed E-state index contributed by atoms with van der Waals surface area (Å²) in [5.74, 6) is 1.37. The van der Waals surface area contributed by atoms with E-state index in [1.807, 2.05) is 6.07 Å². The average molecular weight is 317 g/mol. The Hall–Kier alpha value is -0.550. The van der Waals surface area contributed by atoms with Gasteiger partial charge in [0.25, 0.3) is 0 Å². The second-order valence-corrected chi connectivity index (χ2v) is 6.08. The number of aliphatic imine (C=N–C) groups is 1. The molecule has 2 nitrogen and oxygen atoms in total. The molecule has 2 atom stereocenters. The number of nitrogens with zero attached hydrogens (tertiary/aromatic N) is 1. The zero-order valence-corrected chi connectivity index (χ0v) is 12.1. The minimum absolute atomic E-state index is 0.266. The van der Waals surface area contributed by atoms with Crippen molar-refractivity contribution in [3.8, 4) is 0 Å². The van der Waals surface area contributed by atoms with Gasteiger partial charge in [-0.15, -0.1) is 0 Å². The van der Waals surface area contributed by atoms with Crippen molar-refractivity contribution < 1.29 is 4.39 Å². The van der Waals surface area contributed by atoms with Crippen molar-refractivity contribution in [1.29, 1.82) is 0 Å². The molecular formula is C12H14BrFN2S. The summed E-state index contributed by atoms with van der Waals surface area (Å²) in [6, 6.07) is 5.31. The quantitative estimate of drug-likeness (QED) is 0.842. The Morgan fingerprint density at radius 3 is 2.88 bits per heavy atom. The second-order valence-electron chi connectivity index (χ2n) is 4.22. The molecule has 1 aliphatic rings. The topological polar surface area (TPSA) is 24.4 Å². The molecule has 1 heterocycles. The summed E-state index contributed by atoms with van der Waals surface area (Å²) in [4.78, 5) is 4.54. The third kappa shape index (κ3) is 3.22. The van der Waals surface area contributed by atoms with Gasteiger partial charge in [0.1, 0.15) is 5.82 Å². The van der Waals surface area contributed by atoms with E-state index in [9.17, 15) is 4.39 Å². The van der Waals surface area contributed by atoms with Crippen LogP contribution in [0, 0.1) is 11.7 Å². The highest BCUT2D eigenvalue weighted by molar-refractivity contribution is 9.10. The molecule has 1 N–H and O–H groups in total. The van der Waals surface area contributed by atoms with E-state index >= 15 is 0 Å². The van der Waals surface area contributed by atoms with Gasteiger partial charge in [0, 0.05) is 11.4 Å². The van der Waals surface area contributed by atoms with Crippen molar-refractivity contribution in [2.24, 2.45) is 10.9 Å². The third-order valence-corrected chi connectivity index (χ3v) is 4.61. The zero-order chi connectivity index (χ0) is 12.4. The molecule has 0 saturated heterocycles. The van der Waals surface area contributed by atoms with Crippen molar-refractivity contribution in [2.75, 3.05) is 11.1 Å². The van der Waals surface area contributed by atoms with Crippen LogP contribution in [0.5, 0.6) is 0 Å². The number of thioether (sulfide) groups is 1. The fraction of sp³-hybridized carbons (Fsp3) is 0.417. The van der Waals surface area contributed by atoms with Gasteiger partial charge in [-0.3, -0.25) is 4.99 Å². The van der Waals surface area contributed by atoms with E-state index < -0.39 is 0 Å². The minimum atomic E-state index is -0.266. The first kappa shape index (κ1) is 12.9. The smallest absolute Gasteiger partial charge is 0.161 e. The first-order valence-electron chi connectivity index (χ1n) is 5.49.